The van der Waals surface area contributed by atoms with Crippen molar-refractivity contribution < 1.29 is 11.5 Å². The van der Waals surface area contributed by atoms with Gasteiger partial charge in [-0.2, -0.15) is 0 Å². The maximum Gasteiger partial charge on any atom is 0.0773 e. The highest BCUT2D eigenvalue weighted by molar-refractivity contribution is 4.78. The lowest BCUT2D eigenvalue weighted by Crippen LogP contribution is -2.63. The second-order valence-corrected chi connectivity index (χ2v) is 2.67. The van der Waals surface area contributed by atoms with E-state index in [-0.39, 0.29) is 0 Å². The number of quaternary nitrogens is 2. The summed E-state index contributed by atoms with van der Waals surface area (Å²) in [6.07, 6.45) is 2.81. The largest absolute Gasteiger partial charge is 0.357 e. The van der Waals surface area contributed by atoms with E-state index in [0.29, 0.717) is 0 Å². The zero-order valence-corrected chi connectivity index (χ0v) is 5.40. The van der Waals surface area contributed by atoms with Crippen molar-refractivity contribution in [3.8, 4) is 0 Å². The van der Waals surface area contributed by atoms with Crippen molar-refractivity contribution in [1.29, 1.82) is 0 Å². The smallest absolute Gasteiger partial charge is 0.0773 e. The molecular weight excluding hydrogens is 100 g/mol. The van der Waals surface area contributed by atoms with Gasteiger partial charge in [-0.15, -0.1) is 0 Å². The molecule has 1 saturated carbocycles. The molecule has 0 bridgehead atoms. The van der Waals surface area contributed by atoms with E-state index in [2.05, 4.69) is 11.5 Å². The third-order valence-corrected chi connectivity index (χ3v) is 2.32. The van der Waals surface area contributed by atoms with Gasteiger partial charge < -0.3 is 11.5 Å². The molecule has 2 heteroatoms. The molecule has 0 aromatic heterocycles. The Morgan fingerprint density at radius 1 is 1.00 bits per heavy atom. The number of rotatable bonds is 2. The van der Waals surface area contributed by atoms with E-state index in [0.717, 1.165) is 24.9 Å². The van der Waals surface area contributed by atoms with Crippen LogP contribution in [0.3, 0.4) is 0 Å². The van der Waals surface area contributed by atoms with Gasteiger partial charge in [0.15, 0.2) is 0 Å². The van der Waals surface area contributed by atoms with Crippen molar-refractivity contribution in [3.05, 3.63) is 0 Å². The Labute approximate surface area is 50.2 Å². The Morgan fingerprint density at radius 3 is 1.50 bits per heavy atom. The van der Waals surface area contributed by atoms with Gasteiger partial charge in [0.1, 0.15) is 0 Å². The first-order chi connectivity index (χ1) is 3.88. The minimum Gasteiger partial charge on any atom is -0.357 e. The van der Waals surface area contributed by atoms with Crippen LogP contribution in [0.15, 0.2) is 0 Å². The maximum atomic E-state index is 3.88. The number of hydrogen-bond acceptors (Lipinski definition) is 0. The molecule has 0 spiro atoms. The molecule has 0 unspecified atom stereocenters. The van der Waals surface area contributed by atoms with E-state index in [4.69, 9.17) is 0 Å². The average Bonchev–Trinajstić information content (AvgIpc) is 1.66. The van der Waals surface area contributed by atoms with Crippen molar-refractivity contribution in [2.24, 2.45) is 11.8 Å². The fourth-order valence-electron chi connectivity index (χ4n) is 1.40. The van der Waals surface area contributed by atoms with E-state index in [1.165, 1.54) is 12.8 Å². The molecule has 2 atom stereocenters. The summed E-state index contributed by atoms with van der Waals surface area (Å²) in [4.78, 5) is 0. The van der Waals surface area contributed by atoms with Crippen LogP contribution in [-0.2, 0) is 0 Å². The molecule has 1 fully saturated rings. The van der Waals surface area contributed by atoms with Crippen molar-refractivity contribution in [1.82, 2.24) is 0 Å². The minimum atomic E-state index is 0.924. The lowest BCUT2D eigenvalue weighted by atomic mass is 9.74. The fraction of sp³-hybridized carbons (Fsp3) is 1.00. The summed E-state index contributed by atoms with van der Waals surface area (Å²) in [6.45, 7) is 2.25. The van der Waals surface area contributed by atoms with Crippen molar-refractivity contribution in [2.75, 3.05) is 13.1 Å². The normalized spacial score (nSPS) is 36.8. The first-order valence-corrected chi connectivity index (χ1v) is 3.47. The van der Waals surface area contributed by atoms with Gasteiger partial charge in [0.05, 0.1) is 13.1 Å². The summed E-state index contributed by atoms with van der Waals surface area (Å²) in [5.41, 5.74) is 7.76. The summed E-state index contributed by atoms with van der Waals surface area (Å²) >= 11 is 0. The lowest BCUT2D eigenvalue weighted by molar-refractivity contribution is -0.414. The van der Waals surface area contributed by atoms with Gasteiger partial charge in [0.25, 0.3) is 0 Å². The molecule has 0 aliphatic heterocycles. The van der Waals surface area contributed by atoms with Crippen LogP contribution in [0.1, 0.15) is 12.8 Å². The Bertz CT molecular complexity index is 58.9. The monoisotopic (exact) mass is 116 g/mol. The fourth-order valence-corrected chi connectivity index (χ4v) is 1.40. The van der Waals surface area contributed by atoms with Crippen LogP contribution < -0.4 is 11.5 Å². The highest BCUT2D eigenvalue weighted by atomic mass is 14.6. The summed E-state index contributed by atoms with van der Waals surface area (Å²) < 4.78 is 0. The molecule has 0 radical (unpaired) electrons. The van der Waals surface area contributed by atoms with Crippen LogP contribution >= 0.6 is 0 Å². The summed E-state index contributed by atoms with van der Waals surface area (Å²) in [5.74, 6) is 1.85. The molecule has 0 amide bonds. The zero-order valence-electron chi connectivity index (χ0n) is 5.40. The molecule has 0 aromatic carbocycles. The lowest BCUT2D eigenvalue weighted by Gasteiger charge is -2.31. The Morgan fingerprint density at radius 2 is 1.38 bits per heavy atom. The molecule has 48 valence electrons. The van der Waals surface area contributed by atoms with E-state index in [9.17, 15) is 0 Å². The summed E-state index contributed by atoms with van der Waals surface area (Å²) in [6, 6.07) is 0. The minimum absolute atomic E-state index is 0.924. The quantitative estimate of drug-likeness (QED) is 0.441. The summed E-state index contributed by atoms with van der Waals surface area (Å²) in [7, 11) is 0. The molecule has 0 aromatic rings. The van der Waals surface area contributed by atoms with Gasteiger partial charge in [0, 0.05) is 11.8 Å². The molecule has 8 heavy (non-hydrogen) atoms. The molecule has 6 N–H and O–H groups in total. The third kappa shape index (κ3) is 0.858. The van der Waals surface area contributed by atoms with Crippen LogP contribution in [0.25, 0.3) is 0 Å². The molecular formula is C6H16N2+2. The second kappa shape index (κ2) is 2.46. The van der Waals surface area contributed by atoms with Gasteiger partial charge in [-0.1, -0.05) is 0 Å². The van der Waals surface area contributed by atoms with Crippen LogP contribution in [0.5, 0.6) is 0 Å². The Hall–Kier alpha value is -0.0800. The van der Waals surface area contributed by atoms with Crippen LogP contribution in [0.4, 0.5) is 0 Å². The average molecular weight is 116 g/mol. The molecule has 1 rings (SSSR count). The predicted octanol–water partition coefficient (Wildman–Crippen LogP) is -1.50. The second-order valence-electron chi connectivity index (χ2n) is 2.67. The van der Waals surface area contributed by atoms with Gasteiger partial charge in [-0.25, -0.2) is 0 Å². The number of hydrogen-bond donors (Lipinski definition) is 2. The zero-order chi connectivity index (χ0) is 5.98. The Balaban J connectivity index is 2.16. The van der Waals surface area contributed by atoms with E-state index in [1.54, 1.807) is 0 Å². The van der Waals surface area contributed by atoms with E-state index >= 15 is 0 Å². The topological polar surface area (TPSA) is 55.3 Å². The molecule has 0 heterocycles. The van der Waals surface area contributed by atoms with Gasteiger partial charge in [-0.3, -0.25) is 0 Å². The highest BCUT2D eigenvalue weighted by Gasteiger charge is 2.30. The maximum absolute atomic E-state index is 3.88. The van der Waals surface area contributed by atoms with Crippen LogP contribution in [0, 0.1) is 11.8 Å². The molecule has 0 saturated heterocycles. The molecule has 1 aliphatic rings. The van der Waals surface area contributed by atoms with Crippen molar-refractivity contribution in [3.63, 3.8) is 0 Å². The summed E-state index contributed by atoms with van der Waals surface area (Å²) in [5, 5.41) is 0. The van der Waals surface area contributed by atoms with Crippen LogP contribution in [-0.4, -0.2) is 13.1 Å². The molecule has 1 aliphatic carbocycles. The first-order valence-electron chi connectivity index (χ1n) is 3.47. The van der Waals surface area contributed by atoms with Crippen molar-refractivity contribution in [2.45, 2.75) is 12.8 Å². The Kier molecular flexibility index (Phi) is 1.86. The third-order valence-electron chi connectivity index (χ3n) is 2.32. The first kappa shape index (κ1) is 6.05. The van der Waals surface area contributed by atoms with Crippen LogP contribution in [0.2, 0.25) is 0 Å². The van der Waals surface area contributed by atoms with Crippen molar-refractivity contribution >= 4 is 0 Å². The highest BCUT2D eigenvalue weighted by Crippen LogP contribution is 2.31. The standard InChI is InChI=1S/C6H14N2/c7-3-5-1-2-6(5)4-8/h5-6H,1-4,7-8H2/p+2/t5-,6-/m0/s1. The van der Waals surface area contributed by atoms with E-state index < -0.39 is 0 Å². The van der Waals surface area contributed by atoms with E-state index in [1.807, 2.05) is 0 Å². The van der Waals surface area contributed by atoms with Gasteiger partial charge in [0.2, 0.25) is 0 Å². The predicted molar refractivity (Wildman–Crippen MR) is 31.7 cm³/mol. The molecule has 2 nitrogen and oxygen atoms in total. The van der Waals surface area contributed by atoms with Gasteiger partial charge >= 0.3 is 0 Å². The van der Waals surface area contributed by atoms with Gasteiger partial charge in [-0.05, 0) is 12.8 Å². The SMILES string of the molecule is [NH3+]C[C@@H]1CC[C@H]1C[NH3+].